The van der Waals surface area contributed by atoms with E-state index in [4.69, 9.17) is 9.47 Å². The van der Waals surface area contributed by atoms with Gasteiger partial charge in [-0.2, -0.15) is 0 Å². The lowest BCUT2D eigenvalue weighted by atomic mass is 10.0. The summed E-state index contributed by atoms with van der Waals surface area (Å²) in [6.07, 6.45) is 0. The summed E-state index contributed by atoms with van der Waals surface area (Å²) >= 11 is 0. The van der Waals surface area contributed by atoms with E-state index in [1.807, 2.05) is 39.0 Å². The standard InChI is InChI=1S/C19H23NO4/c1-5-24-16-10-9-12(2)11-14(16)13(3)20-19(22)18-15(21)7-6-8-17(18)23-4/h6-11,13,21H,5H2,1-4H3,(H,20,22). The highest BCUT2D eigenvalue weighted by Crippen LogP contribution is 2.30. The minimum atomic E-state index is -0.401. The number of benzene rings is 2. The Balaban J connectivity index is 2.29. The minimum absolute atomic E-state index is 0.117. The summed E-state index contributed by atoms with van der Waals surface area (Å²) in [5.74, 6) is 0.545. The zero-order chi connectivity index (χ0) is 17.7. The summed E-state index contributed by atoms with van der Waals surface area (Å²) in [6.45, 7) is 6.32. The summed E-state index contributed by atoms with van der Waals surface area (Å²) in [4.78, 5) is 12.6. The molecule has 5 heteroatoms. The maximum Gasteiger partial charge on any atom is 0.259 e. The number of carbonyl (C=O) groups is 1. The van der Waals surface area contributed by atoms with Crippen LogP contribution in [0.4, 0.5) is 0 Å². The largest absolute Gasteiger partial charge is 0.507 e. The summed E-state index contributed by atoms with van der Waals surface area (Å²) < 4.78 is 10.8. The van der Waals surface area contributed by atoms with Crippen molar-refractivity contribution in [3.8, 4) is 17.2 Å². The topological polar surface area (TPSA) is 67.8 Å². The highest BCUT2D eigenvalue weighted by Gasteiger charge is 2.21. The molecule has 0 aliphatic rings. The molecule has 128 valence electrons. The number of nitrogens with one attached hydrogen (secondary N) is 1. The summed E-state index contributed by atoms with van der Waals surface area (Å²) in [7, 11) is 1.46. The Hall–Kier alpha value is -2.69. The van der Waals surface area contributed by atoms with Crippen LogP contribution in [0, 0.1) is 6.92 Å². The number of aromatic hydroxyl groups is 1. The van der Waals surface area contributed by atoms with Crippen LogP contribution in [-0.4, -0.2) is 24.7 Å². The average molecular weight is 329 g/mol. The number of amides is 1. The molecule has 0 spiro atoms. The van der Waals surface area contributed by atoms with Crippen LogP contribution in [0.3, 0.4) is 0 Å². The second-order valence-electron chi connectivity index (χ2n) is 5.52. The van der Waals surface area contributed by atoms with Crippen molar-refractivity contribution in [2.45, 2.75) is 26.8 Å². The first kappa shape index (κ1) is 17.7. The van der Waals surface area contributed by atoms with Gasteiger partial charge in [0.05, 0.1) is 19.8 Å². The molecule has 0 aliphatic heterocycles. The molecule has 24 heavy (non-hydrogen) atoms. The van der Waals surface area contributed by atoms with Crippen molar-refractivity contribution in [3.05, 3.63) is 53.1 Å². The number of carbonyl (C=O) groups excluding carboxylic acids is 1. The first-order chi connectivity index (χ1) is 11.5. The second kappa shape index (κ2) is 7.73. The minimum Gasteiger partial charge on any atom is -0.507 e. The van der Waals surface area contributed by atoms with E-state index in [0.29, 0.717) is 12.4 Å². The van der Waals surface area contributed by atoms with Gasteiger partial charge < -0.3 is 19.9 Å². The zero-order valence-electron chi connectivity index (χ0n) is 14.4. The molecule has 0 fully saturated rings. The Bertz CT molecular complexity index is 727. The van der Waals surface area contributed by atoms with E-state index < -0.39 is 5.91 Å². The summed E-state index contributed by atoms with van der Waals surface area (Å²) in [5.41, 5.74) is 2.09. The monoisotopic (exact) mass is 329 g/mol. The van der Waals surface area contributed by atoms with Crippen molar-refractivity contribution in [1.82, 2.24) is 5.32 Å². The number of hydrogen-bond acceptors (Lipinski definition) is 4. The van der Waals surface area contributed by atoms with Gasteiger partial charge in [0.1, 0.15) is 22.8 Å². The molecule has 0 saturated carbocycles. The summed E-state index contributed by atoms with van der Waals surface area (Å²) in [5, 5.41) is 12.9. The predicted molar refractivity (Wildman–Crippen MR) is 92.9 cm³/mol. The van der Waals surface area contributed by atoms with Crippen LogP contribution in [0.2, 0.25) is 0 Å². The van der Waals surface area contributed by atoms with Crippen LogP contribution in [0.15, 0.2) is 36.4 Å². The Morgan fingerprint density at radius 2 is 2.00 bits per heavy atom. The van der Waals surface area contributed by atoms with E-state index in [0.717, 1.165) is 16.9 Å². The first-order valence-electron chi connectivity index (χ1n) is 7.88. The summed E-state index contributed by atoms with van der Waals surface area (Å²) in [6, 6.07) is 10.3. The van der Waals surface area contributed by atoms with Gasteiger partial charge in [-0.05, 0) is 39.0 Å². The van der Waals surface area contributed by atoms with Crippen molar-refractivity contribution in [3.63, 3.8) is 0 Å². The molecule has 2 aromatic carbocycles. The van der Waals surface area contributed by atoms with Crippen LogP contribution in [0.1, 0.15) is 41.4 Å². The van der Waals surface area contributed by atoms with Gasteiger partial charge in [0.2, 0.25) is 0 Å². The third kappa shape index (κ3) is 3.79. The molecule has 1 atom stereocenters. The van der Waals surface area contributed by atoms with E-state index in [1.165, 1.54) is 13.2 Å². The molecule has 2 N–H and O–H groups in total. The molecule has 0 aromatic heterocycles. The van der Waals surface area contributed by atoms with Crippen molar-refractivity contribution >= 4 is 5.91 Å². The molecule has 0 aliphatic carbocycles. The average Bonchev–Trinajstić information content (AvgIpc) is 2.56. The van der Waals surface area contributed by atoms with Gasteiger partial charge in [0, 0.05) is 5.56 Å². The first-order valence-corrected chi connectivity index (χ1v) is 7.88. The molecular formula is C19H23NO4. The normalized spacial score (nSPS) is 11.7. The Morgan fingerprint density at radius 3 is 2.67 bits per heavy atom. The van der Waals surface area contributed by atoms with Gasteiger partial charge in [0.25, 0.3) is 5.91 Å². The van der Waals surface area contributed by atoms with Crippen molar-refractivity contribution in [2.24, 2.45) is 0 Å². The fourth-order valence-corrected chi connectivity index (χ4v) is 2.56. The lowest BCUT2D eigenvalue weighted by molar-refractivity contribution is 0.0933. The number of phenolic OH excluding ortho intramolecular Hbond substituents is 1. The molecule has 0 saturated heterocycles. The van der Waals surface area contributed by atoms with Gasteiger partial charge >= 0.3 is 0 Å². The SMILES string of the molecule is CCOc1ccc(C)cc1C(C)NC(=O)c1c(O)cccc1OC. The number of phenols is 1. The van der Waals surface area contributed by atoms with Crippen molar-refractivity contribution in [2.75, 3.05) is 13.7 Å². The lowest BCUT2D eigenvalue weighted by Gasteiger charge is -2.19. The number of hydrogen-bond donors (Lipinski definition) is 2. The highest BCUT2D eigenvalue weighted by atomic mass is 16.5. The van der Waals surface area contributed by atoms with E-state index >= 15 is 0 Å². The van der Waals surface area contributed by atoms with Crippen molar-refractivity contribution in [1.29, 1.82) is 0 Å². The fraction of sp³-hybridized carbons (Fsp3) is 0.316. The third-order valence-electron chi connectivity index (χ3n) is 3.73. The Morgan fingerprint density at radius 1 is 1.25 bits per heavy atom. The Kier molecular flexibility index (Phi) is 5.68. The number of rotatable bonds is 6. The molecule has 5 nitrogen and oxygen atoms in total. The van der Waals surface area contributed by atoms with Gasteiger partial charge in [-0.15, -0.1) is 0 Å². The molecule has 0 heterocycles. The molecule has 2 rings (SSSR count). The van der Waals surface area contributed by atoms with Crippen molar-refractivity contribution < 1.29 is 19.4 Å². The molecule has 0 radical (unpaired) electrons. The van der Waals surface area contributed by atoms with Crippen LogP contribution < -0.4 is 14.8 Å². The quantitative estimate of drug-likeness (QED) is 0.850. The lowest BCUT2D eigenvalue weighted by Crippen LogP contribution is -2.27. The molecule has 1 amide bonds. The van der Waals surface area contributed by atoms with E-state index in [-0.39, 0.29) is 17.4 Å². The Labute approximate surface area is 142 Å². The molecule has 0 bridgehead atoms. The van der Waals surface area contributed by atoms with Crippen LogP contribution in [0.25, 0.3) is 0 Å². The predicted octanol–water partition coefficient (Wildman–Crippen LogP) is 3.60. The number of ether oxygens (including phenoxy) is 2. The van der Waals surface area contributed by atoms with Gasteiger partial charge in [-0.3, -0.25) is 4.79 Å². The fourth-order valence-electron chi connectivity index (χ4n) is 2.56. The van der Waals surface area contributed by atoms with E-state index in [1.54, 1.807) is 12.1 Å². The molecule has 2 aromatic rings. The van der Waals surface area contributed by atoms with Crippen LogP contribution in [0.5, 0.6) is 17.2 Å². The van der Waals surface area contributed by atoms with Crippen LogP contribution in [-0.2, 0) is 0 Å². The van der Waals surface area contributed by atoms with Gasteiger partial charge in [-0.25, -0.2) is 0 Å². The maximum atomic E-state index is 12.6. The van der Waals surface area contributed by atoms with Crippen LogP contribution >= 0.6 is 0 Å². The van der Waals surface area contributed by atoms with Gasteiger partial charge in [-0.1, -0.05) is 23.8 Å². The zero-order valence-corrected chi connectivity index (χ0v) is 14.4. The highest BCUT2D eigenvalue weighted by molar-refractivity contribution is 5.99. The third-order valence-corrected chi connectivity index (χ3v) is 3.73. The van der Waals surface area contributed by atoms with E-state index in [9.17, 15) is 9.90 Å². The smallest absolute Gasteiger partial charge is 0.259 e. The maximum absolute atomic E-state index is 12.6. The number of methoxy groups -OCH3 is 1. The number of aryl methyl sites for hydroxylation is 1. The second-order valence-corrected chi connectivity index (χ2v) is 5.52. The van der Waals surface area contributed by atoms with Gasteiger partial charge in [0.15, 0.2) is 0 Å². The molecular weight excluding hydrogens is 306 g/mol. The molecule has 1 unspecified atom stereocenters. The van der Waals surface area contributed by atoms with E-state index in [2.05, 4.69) is 5.32 Å².